The number of likely N-dealkylation sites (tertiary alicyclic amines) is 1. The number of carbonyl (C=O) groups is 3. The number of hydrogen-bond acceptors (Lipinski definition) is 4. The molecule has 3 aliphatic heterocycles. The third-order valence-electron chi connectivity index (χ3n) is 6.97. The van der Waals surface area contributed by atoms with Crippen LogP contribution in [0.2, 0.25) is 0 Å². The van der Waals surface area contributed by atoms with E-state index in [1.165, 1.54) is 18.2 Å². The van der Waals surface area contributed by atoms with Gasteiger partial charge in [-0.25, -0.2) is 4.39 Å². The molecule has 2 fully saturated rings. The van der Waals surface area contributed by atoms with Gasteiger partial charge in [0.1, 0.15) is 17.5 Å². The lowest BCUT2D eigenvalue weighted by atomic mass is 9.74. The van der Waals surface area contributed by atoms with Gasteiger partial charge in [-0.05, 0) is 53.2 Å². The fourth-order valence-corrected chi connectivity index (χ4v) is 5.21. The van der Waals surface area contributed by atoms with Gasteiger partial charge in [0.25, 0.3) is 0 Å². The quantitative estimate of drug-likeness (QED) is 0.666. The van der Waals surface area contributed by atoms with Crippen molar-refractivity contribution in [3.8, 4) is 0 Å². The van der Waals surface area contributed by atoms with Crippen molar-refractivity contribution in [3.05, 3.63) is 42.2 Å². The lowest BCUT2D eigenvalue weighted by molar-refractivity contribution is -0.147. The molecule has 0 radical (unpaired) electrons. The van der Waals surface area contributed by atoms with Crippen LogP contribution >= 0.6 is 0 Å². The summed E-state index contributed by atoms with van der Waals surface area (Å²) in [5, 5.41) is 5.61. The van der Waals surface area contributed by atoms with Crippen molar-refractivity contribution in [2.75, 3.05) is 5.32 Å². The standard InChI is InChI=1S/C25H32FN3O4/c1-7-24(5,6)29-19(21(31)28-23(2,3)4)25-13-12-16(33-25)17(18(25)22(29)32)20(30)27-15-11-9-8-10-14(15)26/h8-13,16-19H,7H2,1-6H3,(H,27,30)(H,28,31)/t16-,17+,18-,19+,25-/m1/s1. The summed E-state index contributed by atoms with van der Waals surface area (Å²) < 4.78 is 20.5. The van der Waals surface area contributed by atoms with E-state index in [1.807, 2.05) is 41.5 Å². The maximum atomic E-state index is 14.2. The summed E-state index contributed by atoms with van der Waals surface area (Å²) >= 11 is 0. The maximum absolute atomic E-state index is 14.2. The van der Waals surface area contributed by atoms with Crippen LogP contribution in [-0.4, -0.2) is 51.4 Å². The number of nitrogens with zero attached hydrogens (tertiary/aromatic N) is 1. The first-order chi connectivity index (χ1) is 15.3. The molecule has 0 aromatic heterocycles. The van der Waals surface area contributed by atoms with Crippen LogP contribution in [0, 0.1) is 17.7 Å². The Morgan fingerprint density at radius 3 is 2.42 bits per heavy atom. The van der Waals surface area contributed by atoms with Gasteiger partial charge in [0.2, 0.25) is 17.7 Å². The van der Waals surface area contributed by atoms with Gasteiger partial charge in [-0.2, -0.15) is 0 Å². The van der Waals surface area contributed by atoms with Crippen molar-refractivity contribution >= 4 is 23.4 Å². The number of amides is 3. The zero-order valence-corrected chi connectivity index (χ0v) is 19.9. The molecule has 33 heavy (non-hydrogen) atoms. The van der Waals surface area contributed by atoms with Crippen LogP contribution in [0.4, 0.5) is 10.1 Å². The van der Waals surface area contributed by atoms with E-state index in [0.717, 1.165) is 0 Å². The second-order valence-corrected chi connectivity index (χ2v) is 10.8. The zero-order valence-electron chi connectivity index (χ0n) is 19.9. The van der Waals surface area contributed by atoms with Crippen LogP contribution in [0.15, 0.2) is 36.4 Å². The monoisotopic (exact) mass is 457 g/mol. The number of halogens is 1. The van der Waals surface area contributed by atoms with Gasteiger partial charge in [0, 0.05) is 11.1 Å². The molecule has 2 bridgehead atoms. The molecule has 1 spiro atoms. The van der Waals surface area contributed by atoms with Crippen LogP contribution in [0.1, 0.15) is 48.0 Å². The Balaban J connectivity index is 1.74. The van der Waals surface area contributed by atoms with Gasteiger partial charge in [-0.3, -0.25) is 14.4 Å². The van der Waals surface area contributed by atoms with Crippen LogP contribution < -0.4 is 10.6 Å². The van der Waals surface area contributed by atoms with Gasteiger partial charge in [-0.15, -0.1) is 0 Å². The summed E-state index contributed by atoms with van der Waals surface area (Å²) in [4.78, 5) is 42.3. The summed E-state index contributed by atoms with van der Waals surface area (Å²) in [5.74, 6) is -3.42. The molecule has 0 saturated carbocycles. The van der Waals surface area contributed by atoms with Crippen LogP contribution in [0.25, 0.3) is 0 Å². The number of ether oxygens (including phenoxy) is 1. The predicted octanol–water partition coefficient (Wildman–Crippen LogP) is 3.02. The normalized spacial score (nSPS) is 30.5. The molecule has 2 saturated heterocycles. The Labute approximate surface area is 193 Å². The highest BCUT2D eigenvalue weighted by molar-refractivity contribution is 6.03. The molecule has 3 amide bonds. The molecule has 0 unspecified atom stereocenters. The van der Waals surface area contributed by atoms with E-state index in [-0.39, 0.29) is 17.5 Å². The fourth-order valence-electron chi connectivity index (χ4n) is 5.21. The van der Waals surface area contributed by atoms with Gasteiger partial charge < -0.3 is 20.3 Å². The van der Waals surface area contributed by atoms with E-state index >= 15 is 0 Å². The number of nitrogens with one attached hydrogen (secondary N) is 2. The SMILES string of the molecule is CCC(C)(C)N1C(=O)[C@H]2[C@@H](C(=O)Nc3ccccc3F)[C@H]3C=C[C@]2(O3)[C@@H]1C(=O)NC(C)(C)C. The predicted molar refractivity (Wildman–Crippen MR) is 122 cm³/mol. The highest BCUT2D eigenvalue weighted by Gasteiger charge is 2.74. The second-order valence-electron chi connectivity index (χ2n) is 10.8. The number of rotatable bonds is 5. The van der Waals surface area contributed by atoms with Crippen molar-refractivity contribution in [1.82, 2.24) is 10.2 Å². The minimum absolute atomic E-state index is 0.0431. The lowest BCUT2D eigenvalue weighted by Crippen LogP contribution is -2.61. The summed E-state index contributed by atoms with van der Waals surface area (Å²) in [7, 11) is 0. The van der Waals surface area contributed by atoms with Crippen LogP contribution in [0.5, 0.6) is 0 Å². The van der Waals surface area contributed by atoms with E-state index in [4.69, 9.17) is 4.74 Å². The molecule has 3 aliphatic rings. The minimum atomic E-state index is -1.25. The first-order valence-corrected chi connectivity index (χ1v) is 11.4. The average Bonchev–Trinajstić information content (AvgIpc) is 3.36. The topological polar surface area (TPSA) is 87.7 Å². The maximum Gasteiger partial charge on any atom is 0.246 e. The number of para-hydroxylation sites is 1. The Morgan fingerprint density at radius 1 is 1.15 bits per heavy atom. The number of anilines is 1. The molecule has 178 valence electrons. The molecule has 3 heterocycles. The molecule has 0 aliphatic carbocycles. The first-order valence-electron chi connectivity index (χ1n) is 11.4. The Hall–Kier alpha value is -2.74. The van der Waals surface area contributed by atoms with Gasteiger partial charge in [0.15, 0.2) is 0 Å². The van der Waals surface area contributed by atoms with Crippen molar-refractivity contribution < 1.29 is 23.5 Å². The van der Waals surface area contributed by atoms with E-state index in [2.05, 4.69) is 10.6 Å². The molecular formula is C25H32FN3O4. The molecule has 5 atom stereocenters. The number of hydrogen-bond donors (Lipinski definition) is 2. The Kier molecular flexibility index (Phi) is 5.43. The summed E-state index contributed by atoms with van der Waals surface area (Å²) in [6.07, 6.45) is 3.46. The molecule has 2 N–H and O–H groups in total. The largest absolute Gasteiger partial charge is 0.359 e. The molecule has 1 aromatic carbocycles. The van der Waals surface area contributed by atoms with Gasteiger partial charge in [-0.1, -0.05) is 31.2 Å². The molecule has 8 heteroatoms. The zero-order chi connectivity index (χ0) is 24.3. The van der Waals surface area contributed by atoms with E-state index in [0.29, 0.717) is 6.42 Å². The van der Waals surface area contributed by atoms with Gasteiger partial charge in [0.05, 0.1) is 23.6 Å². The van der Waals surface area contributed by atoms with Crippen LogP contribution in [-0.2, 0) is 19.1 Å². The third kappa shape index (κ3) is 3.64. The number of benzene rings is 1. The fraction of sp³-hybridized carbons (Fsp3) is 0.560. The highest BCUT2D eigenvalue weighted by Crippen LogP contribution is 2.56. The molecule has 4 rings (SSSR count). The van der Waals surface area contributed by atoms with E-state index in [9.17, 15) is 18.8 Å². The minimum Gasteiger partial charge on any atom is -0.359 e. The first kappa shape index (κ1) is 23.4. The van der Waals surface area contributed by atoms with Crippen molar-refractivity contribution in [3.63, 3.8) is 0 Å². The molecule has 7 nitrogen and oxygen atoms in total. The summed E-state index contributed by atoms with van der Waals surface area (Å²) in [5.41, 5.74) is -2.36. The third-order valence-corrected chi connectivity index (χ3v) is 6.97. The Bertz CT molecular complexity index is 1030. The number of carbonyl (C=O) groups excluding carboxylic acids is 3. The van der Waals surface area contributed by atoms with Crippen LogP contribution in [0.3, 0.4) is 0 Å². The molecular weight excluding hydrogens is 425 g/mol. The smallest absolute Gasteiger partial charge is 0.246 e. The van der Waals surface area contributed by atoms with Crippen molar-refractivity contribution in [2.45, 2.75) is 76.8 Å². The second kappa shape index (κ2) is 7.65. The van der Waals surface area contributed by atoms with Gasteiger partial charge >= 0.3 is 0 Å². The van der Waals surface area contributed by atoms with Crippen molar-refractivity contribution in [1.29, 1.82) is 0 Å². The van der Waals surface area contributed by atoms with Crippen molar-refractivity contribution in [2.24, 2.45) is 11.8 Å². The Morgan fingerprint density at radius 2 is 1.82 bits per heavy atom. The highest BCUT2D eigenvalue weighted by atomic mass is 19.1. The van der Waals surface area contributed by atoms with E-state index < -0.39 is 52.4 Å². The summed E-state index contributed by atoms with van der Waals surface area (Å²) in [6.45, 7) is 11.4. The van der Waals surface area contributed by atoms with E-state index in [1.54, 1.807) is 23.1 Å². The lowest BCUT2D eigenvalue weighted by Gasteiger charge is -2.42. The molecule has 1 aromatic rings. The number of fused-ring (bicyclic) bond motifs is 1. The summed E-state index contributed by atoms with van der Waals surface area (Å²) in [6, 6.07) is 4.96. The average molecular weight is 458 g/mol.